The van der Waals surface area contributed by atoms with Crippen LogP contribution in [0.1, 0.15) is 37.8 Å². The molecule has 214 valence electrons. The molecular formula is C31H39N3O5S. The smallest absolute Gasteiger partial charge is 0.264 e. The summed E-state index contributed by atoms with van der Waals surface area (Å²) in [5.74, 6) is -0.214. The molecule has 8 nitrogen and oxygen atoms in total. The molecule has 0 aliphatic rings. The number of carbonyl (C=O) groups is 2. The number of hydrogen-bond acceptors (Lipinski definition) is 5. The summed E-state index contributed by atoms with van der Waals surface area (Å²) >= 11 is 0. The van der Waals surface area contributed by atoms with Gasteiger partial charge in [-0.2, -0.15) is 0 Å². The van der Waals surface area contributed by atoms with Gasteiger partial charge < -0.3 is 15.0 Å². The summed E-state index contributed by atoms with van der Waals surface area (Å²) in [7, 11) is -2.62. The van der Waals surface area contributed by atoms with E-state index in [-0.39, 0.29) is 17.3 Å². The maximum absolute atomic E-state index is 13.9. The molecule has 0 saturated heterocycles. The van der Waals surface area contributed by atoms with E-state index in [1.54, 1.807) is 43.3 Å². The second-order valence-electron chi connectivity index (χ2n) is 9.67. The molecule has 0 heterocycles. The van der Waals surface area contributed by atoms with Crippen molar-refractivity contribution >= 4 is 27.5 Å². The first-order valence-electron chi connectivity index (χ1n) is 13.5. The van der Waals surface area contributed by atoms with Crippen LogP contribution in [0.3, 0.4) is 0 Å². The molecule has 1 atom stereocenters. The van der Waals surface area contributed by atoms with Crippen molar-refractivity contribution in [3.05, 3.63) is 90.0 Å². The molecule has 0 fully saturated rings. The second-order valence-corrected chi connectivity index (χ2v) is 11.5. The van der Waals surface area contributed by atoms with E-state index >= 15 is 0 Å². The average Bonchev–Trinajstić information content (AvgIpc) is 2.97. The van der Waals surface area contributed by atoms with Crippen LogP contribution in [0.15, 0.2) is 83.8 Å². The van der Waals surface area contributed by atoms with Crippen LogP contribution in [0.4, 0.5) is 5.69 Å². The lowest BCUT2D eigenvalue weighted by atomic mass is 10.1. The van der Waals surface area contributed by atoms with Crippen LogP contribution < -0.4 is 14.4 Å². The van der Waals surface area contributed by atoms with Gasteiger partial charge in [-0.1, -0.05) is 61.4 Å². The molecule has 1 N–H and O–H groups in total. The number of carbonyl (C=O) groups excluding carboxylic acids is 2. The molecule has 0 aromatic heterocycles. The lowest BCUT2D eigenvalue weighted by molar-refractivity contribution is -0.138. The number of amides is 2. The molecule has 0 aliphatic carbocycles. The number of sulfonamides is 1. The third kappa shape index (κ3) is 8.08. The van der Waals surface area contributed by atoms with Gasteiger partial charge in [0.1, 0.15) is 18.3 Å². The number of methoxy groups -OCH3 is 1. The number of nitrogens with zero attached hydrogens (tertiary/aromatic N) is 2. The van der Waals surface area contributed by atoms with Gasteiger partial charge in [0, 0.05) is 13.1 Å². The molecule has 3 aromatic rings. The fourth-order valence-electron chi connectivity index (χ4n) is 4.22. The molecular weight excluding hydrogens is 526 g/mol. The number of rotatable bonds is 14. The van der Waals surface area contributed by atoms with Crippen LogP contribution in [0, 0.1) is 6.92 Å². The molecule has 3 aromatic carbocycles. The standard InChI is InChI=1S/C31H39N3O5S/c1-5-6-21-32-31(36)25(3)33(22-20-26-10-8-7-9-11-26)30(35)23-34(27-14-12-24(2)13-15-27)40(37,38)29-18-16-28(39-4)17-19-29/h7-19,25H,5-6,20-23H2,1-4H3,(H,32,36)/t25-/m0/s1. The Bertz CT molecular complexity index is 1340. The largest absolute Gasteiger partial charge is 0.497 e. The predicted octanol–water partition coefficient (Wildman–Crippen LogP) is 4.58. The highest BCUT2D eigenvalue weighted by Gasteiger charge is 2.32. The Balaban J connectivity index is 1.94. The van der Waals surface area contributed by atoms with Crippen molar-refractivity contribution < 1.29 is 22.7 Å². The predicted molar refractivity (Wildman–Crippen MR) is 158 cm³/mol. The SMILES string of the molecule is CCCCNC(=O)[C@H](C)N(CCc1ccccc1)C(=O)CN(c1ccc(C)cc1)S(=O)(=O)c1ccc(OC)cc1. The van der Waals surface area contributed by atoms with Gasteiger partial charge in [-0.05, 0) is 68.7 Å². The van der Waals surface area contributed by atoms with Gasteiger partial charge in [-0.25, -0.2) is 8.42 Å². The first-order chi connectivity index (χ1) is 19.2. The fourth-order valence-corrected chi connectivity index (χ4v) is 5.64. The van der Waals surface area contributed by atoms with Crippen molar-refractivity contribution in [2.24, 2.45) is 0 Å². The molecule has 2 amide bonds. The Kier molecular flexibility index (Phi) is 11.1. The first kappa shape index (κ1) is 30.7. The Morgan fingerprint density at radius 3 is 2.20 bits per heavy atom. The average molecular weight is 566 g/mol. The van der Waals surface area contributed by atoms with Crippen LogP contribution in [0.25, 0.3) is 0 Å². The lowest BCUT2D eigenvalue weighted by Gasteiger charge is -2.32. The Morgan fingerprint density at radius 1 is 0.950 bits per heavy atom. The molecule has 0 unspecified atom stereocenters. The topological polar surface area (TPSA) is 96.0 Å². The van der Waals surface area contributed by atoms with Crippen molar-refractivity contribution in [3.63, 3.8) is 0 Å². The Hall–Kier alpha value is -3.85. The number of nitrogens with one attached hydrogen (secondary N) is 1. The van der Waals surface area contributed by atoms with Crippen molar-refractivity contribution in [3.8, 4) is 5.75 Å². The molecule has 0 aliphatic heterocycles. The minimum atomic E-state index is -4.12. The number of ether oxygens (including phenoxy) is 1. The summed E-state index contributed by atoms with van der Waals surface area (Å²) < 4.78 is 34.0. The normalized spacial score (nSPS) is 11.9. The third-order valence-electron chi connectivity index (χ3n) is 6.73. The van der Waals surface area contributed by atoms with Gasteiger partial charge in [-0.3, -0.25) is 13.9 Å². The Labute approximate surface area is 238 Å². The number of anilines is 1. The monoisotopic (exact) mass is 565 g/mol. The molecule has 40 heavy (non-hydrogen) atoms. The summed E-state index contributed by atoms with van der Waals surface area (Å²) in [6, 6.07) is 21.9. The Morgan fingerprint density at radius 2 is 1.60 bits per heavy atom. The van der Waals surface area contributed by atoms with Gasteiger partial charge in [0.2, 0.25) is 11.8 Å². The van der Waals surface area contributed by atoms with E-state index in [1.165, 1.54) is 24.1 Å². The van der Waals surface area contributed by atoms with E-state index in [9.17, 15) is 18.0 Å². The van der Waals surface area contributed by atoms with Gasteiger partial charge in [0.15, 0.2) is 0 Å². The number of hydrogen-bond donors (Lipinski definition) is 1. The minimum Gasteiger partial charge on any atom is -0.497 e. The van der Waals surface area contributed by atoms with Crippen molar-refractivity contribution in [1.82, 2.24) is 10.2 Å². The summed E-state index contributed by atoms with van der Waals surface area (Å²) in [4.78, 5) is 28.4. The van der Waals surface area contributed by atoms with Crippen molar-refractivity contribution in [1.29, 1.82) is 0 Å². The van der Waals surface area contributed by atoms with E-state index in [0.717, 1.165) is 28.3 Å². The fraction of sp³-hybridized carbons (Fsp3) is 0.355. The van der Waals surface area contributed by atoms with Gasteiger partial charge in [0.25, 0.3) is 10.0 Å². The summed E-state index contributed by atoms with van der Waals surface area (Å²) in [5, 5.41) is 2.90. The zero-order valence-corrected chi connectivity index (χ0v) is 24.5. The quantitative estimate of drug-likeness (QED) is 0.289. The maximum Gasteiger partial charge on any atom is 0.264 e. The minimum absolute atomic E-state index is 0.0304. The number of aryl methyl sites for hydroxylation is 1. The van der Waals surface area contributed by atoms with E-state index in [4.69, 9.17) is 4.74 Å². The zero-order valence-electron chi connectivity index (χ0n) is 23.7. The van der Waals surface area contributed by atoms with Crippen molar-refractivity contribution in [2.75, 3.05) is 31.0 Å². The lowest BCUT2D eigenvalue weighted by Crippen LogP contribution is -2.52. The molecule has 0 radical (unpaired) electrons. The van der Waals surface area contributed by atoms with E-state index in [2.05, 4.69) is 5.32 Å². The molecule has 0 saturated carbocycles. The van der Waals surface area contributed by atoms with E-state index in [1.807, 2.05) is 44.2 Å². The second kappa shape index (κ2) is 14.5. The highest BCUT2D eigenvalue weighted by Crippen LogP contribution is 2.26. The molecule has 9 heteroatoms. The summed E-state index contributed by atoms with van der Waals surface area (Å²) in [6.07, 6.45) is 2.28. The van der Waals surface area contributed by atoms with Crippen LogP contribution in [0.2, 0.25) is 0 Å². The summed E-state index contributed by atoms with van der Waals surface area (Å²) in [6.45, 7) is 5.93. The van der Waals surface area contributed by atoms with Gasteiger partial charge in [-0.15, -0.1) is 0 Å². The number of benzene rings is 3. The molecule has 3 rings (SSSR count). The first-order valence-corrected chi connectivity index (χ1v) is 15.0. The van der Waals surface area contributed by atoms with Crippen molar-refractivity contribution in [2.45, 2.75) is 51.0 Å². The van der Waals surface area contributed by atoms with E-state index in [0.29, 0.717) is 24.4 Å². The van der Waals surface area contributed by atoms with Crippen LogP contribution in [-0.2, 0) is 26.0 Å². The van der Waals surface area contributed by atoms with Crippen LogP contribution >= 0.6 is 0 Å². The highest BCUT2D eigenvalue weighted by atomic mass is 32.2. The van der Waals surface area contributed by atoms with Gasteiger partial charge >= 0.3 is 0 Å². The van der Waals surface area contributed by atoms with Crippen LogP contribution in [0.5, 0.6) is 5.75 Å². The molecule has 0 spiro atoms. The van der Waals surface area contributed by atoms with E-state index < -0.39 is 28.5 Å². The zero-order chi connectivity index (χ0) is 29.1. The van der Waals surface area contributed by atoms with Gasteiger partial charge in [0.05, 0.1) is 17.7 Å². The third-order valence-corrected chi connectivity index (χ3v) is 8.52. The van der Waals surface area contributed by atoms with Crippen LogP contribution in [-0.4, -0.2) is 57.9 Å². The molecule has 0 bridgehead atoms. The summed E-state index contributed by atoms with van der Waals surface area (Å²) in [5.41, 5.74) is 2.33. The highest BCUT2D eigenvalue weighted by molar-refractivity contribution is 7.92. The number of unbranched alkanes of at least 4 members (excludes halogenated alkanes) is 1. The maximum atomic E-state index is 13.9.